The molecule has 33 heavy (non-hydrogen) atoms. The topological polar surface area (TPSA) is 167 Å². The van der Waals surface area contributed by atoms with Gasteiger partial charge in [0.2, 0.25) is 12.4 Å². The second-order valence-corrected chi connectivity index (χ2v) is 6.94. The van der Waals surface area contributed by atoms with E-state index in [2.05, 4.69) is 0 Å². The molecule has 0 aromatic heterocycles. The molecular weight excluding hydrogens is 446 g/mol. The summed E-state index contributed by atoms with van der Waals surface area (Å²) in [5, 5.41) is 10.9. The van der Waals surface area contributed by atoms with E-state index in [1.54, 1.807) is 0 Å². The number of non-ortho nitro benzene ring substituents is 1. The highest BCUT2D eigenvalue weighted by Gasteiger charge is 2.53. The Morgan fingerprint density at radius 3 is 1.85 bits per heavy atom. The quantitative estimate of drug-likeness (QED) is 0.230. The summed E-state index contributed by atoms with van der Waals surface area (Å²) in [6.45, 7) is 4.05. The van der Waals surface area contributed by atoms with Crippen molar-refractivity contribution in [1.82, 2.24) is 0 Å². The monoisotopic (exact) mass is 469 g/mol. The minimum absolute atomic E-state index is 0.0986. The Bertz CT molecular complexity index is 899. The molecule has 1 aromatic carbocycles. The van der Waals surface area contributed by atoms with E-state index in [0.717, 1.165) is 27.7 Å². The van der Waals surface area contributed by atoms with Gasteiger partial charge in [0.05, 0.1) is 4.92 Å². The molecule has 0 radical (unpaired) electrons. The summed E-state index contributed by atoms with van der Waals surface area (Å²) in [6, 6.07) is 4.93. The Kier molecular flexibility index (Phi) is 8.68. The number of esters is 4. The maximum absolute atomic E-state index is 11.8. The molecule has 0 saturated carbocycles. The van der Waals surface area contributed by atoms with Crippen molar-refractivity contribution in [2.24, 2.45) is 0 Å². The predicted octanol–water partition coefficient (Wildman–Crippen LogP) is 1.06. The third kappa shape index (κ3) is 7.42. The van der Waals surface area contributed by atoms with Gasteiger partial charge in [-0.1, -0.05) is 0 Å². The Balaban J connectivity index is 2.43. The van der Waals surface area contributed by atoms with Crippen LogP contribution in [0.3, 0.4) is 0 Å². The molecule has 0 bridgehead atoms. The molecule has 1 aromatic rings. The van der Waals surface area contributed by atoms with Crippen molar-refractivity contribution >= 4 is 29.6 Å². The van der Waals surface area contributed by atoms with E-state index in [9.17, 15) is 29.3 Å². The minimum atomic E-state index is -1.42. The third-order valence-electron chi connectivity index (χ3n) is 4.25. The first-order valence-corrected chi connectivity index (χ1v) is 9.69. The summed E-state index contributed by atoms with van der Waals surface area (Å²) >= 11 is 0. The summed E-state index contributed by atoms with van der Waals surface area (Å²) in [4.78, 5) is 56.8. The largest absolute Gasteiger partial charge is 0.463 e. The highest BCUT2D eigenvalue weighted by molar-refractivity contribution is 5.68. The van der Waals surface area contributed by atoms with Gasteiger partial charge >= 0.3 is 23.9 Å². The number of nitrogens with zero attached hydrogens (tertiary/aromatic N) is 1. The van der Waals surface area contributed by atoms with Gasteiger partial charge in [-0.05, 0) is 12.1 Å². The molecule has 1 aliphatic rings. The SMILES string of the molecule is CC(=O)OC[C@@H]1O[C@@H](Oc2ccc([N+](=O)[O-])cc2)[C@H](OC(C)=O)[C@H](OC(C)=O)[C@H]1OC(C)=O. The first-order chi connectivity index (χ1) is 15.5. The Morgan fingerprint density at radius 1 is 0.848 bits per heavy atom. The Hall–Kier alpha value is -3.74. The number of hydrogen-bond donors (Lipinski definition) is 0. The number of hydrogen-bond acceptors (Lipinski definition) is 12. The van der Waals surface area contributed by atoms with Gasteiger partial charge in [-0.25, -0.2) is 0 Å². The number of benzene rings is 1. The Labute approximate surface area is 188 Å². The lowest BCUT2D eigenvalue weighted by Crippen LogP contribution is -2.63. The smallest absolute Gasteiger partial charge is 0.303 e. The normalized spacial score (nSPS) is 24.2. The first kappa shape index (κ1) is 25.5. The highest BCUT2D eigenvalue weighted by Crippen LogP contribution is 2.31. The van der Waals surface area contributed by atoms with Crippen LogP contribution in [-0.4, -0.2) is 66.1 Å². The van der Waals surface area contributed by atoms with Gasteiger partial charge in [-0.15, -0.1) is 0 Å². The molecular formula is C20H23NO12. The van der Waals surface area contributed by atoms with Crippen LogP contribution in [0.5, 0.6) is 5.75 Å². The molecule has 1 aliphatic heterocycles. The van der Waals surface area contributed by atoms with Crippen LogP contribution in [-0.2, 0) is 42.9 Å². The summed E-state index contributed by atoms with van der Waals surface area (Å²) in [6.07, 6.45) is -6.69. The molecule has 5 atom stereocenters. The number of ether oxygens (including phenoxy) is 6. The van der Waals surface area contributed by atoms with Crippen molar-refractivity contribution in [2.75, 3.05) is 6.61 Å². The summed E-state index contributed by atoms with van der Waals surface area (Å²) in [5.41, 5.74) is -0.191. The number of nitro groups is 1. The standard InChI is InChI=1S/C20H23NO12/c1-10(22)28-9-16-17(29-11(2)23)18(30-12(3)24)19(31-13(4)25)20(33-16)32-15-7-5-14(6-8-15)21(26)27/h5-8,16-20H,9H2,1-4H3/t16-,17-,18+,19+,20+/m0/s1. The second-order valence-electron chi connectivity index (χ2n) is 6.94. The van der Waals surface area contributed by atoms with Crippen molar-refractivity contribution in [3.05, 3.63) is 34.4 Å². The average Bonchev–Trinajstić information content (AvgIpc) is 2.70. The zero-order valence-corrected chi connectivity index (χ0v) is 18.2. The number of carbonyl (C=O) groups excluding carboxylic acids is 4. The van der Waals surface area contributed by atoms with Gasteiger partial charge in [0, 0.05) is 39.8 Å². The summed E-state index contributed by atoms with van der Waals surface area (Å²) in [7, 11) is 0. The molecule has 13 heteroatoms. The fraction of sp³-hybridized carbons (Fsp3) is 0.500. The lowest BCUT2D eigenvalue weighted by atomic mass is 9.98. The molecule has 1 fully saturated rings. The van der Waals surface area contributed by atoms with E-state index in [4.69, 9.17) is 28.4 Å². The lowest BCUT2D eigenvalue weighted by molar-refractivity contribution is -0.384. The number of carbonyl (C=O) groups is 4. The maximum atomic E-state index is 11.8. The van der Waals surface area contributed by atoms with Gasteiger partial charge < -0.3 is 28.4 Å². The van der Waals surface area contributed by atoms with Crippen LogP contribution in [0.1, 0.15) is 27.7 Å². The van der Waals surface area contributed by atoms with Crippen LogP contribution in [0.4, 0.5) is 5.69 Å². The molecule has 1 saturated heterocycles. The van der Waals surface area contributed by atoms with Crippen molar-refractivity contribution in [1.29, 1.82) is 0 Å². The zero-order valence-electron chi connectivity index (χ0n) is 18.2. The van der Waals surface area contributed by atoms with Crippen molar-refractivity contribution in [3.63, 3.8) is 0 Å². The zero-order chi connectivity index (χ0) is 24.7. The second kappa shape index (κ2) is 11.2. The van der Waals surface area contributed by atoms with Gasteiger partial charge in [0.15, 0.2) is 12.2 Å². The van der Waals surface area contributed by atoms with Gasteiger partial charge in [0.25, 0.3) is 5.69 Å². The third-order valence-corrected chi connectivity index (χ3v) is 4.25. The first-order valence-electron chi connectivity index (χ1n) is 9.69. The molecule has 0 amide bonds. The van der Waals surface area contributed by atoms with Crippen molar-refractivity contribution < 1.29 is 52.5 Å². The van der Waals surface area contributed by atoms with Crippen LogP contribution in [0.15, 0.2) is 24.3 Å². The fourth-order valence-corrected chi connectivity index (χ4v) is 3.06. The molecule has 1 heterocycles. The van der Waals surface area contributed by atoms with Crippen LogP contribution >= 0.6 is 0 Å². The van der Waals surface area contributed by atoms with E-state index < -0.39 is 66.1 Å². The van der Waals surface area contributed by atoms with Gasteiger partial charge in [0.1, 0.15) is 18.5 Å². The van der Waals surface area contributed by atoms with E-state index in [0.29, 0.717) is 0 Å². The molecule has 180 valence electrons. The molecule has 0 unspecified atom stereocenters. The van der Waals surface area contributed by atoms with E-state index in [1.165, 1.54) is 24.3 Å². The van der Waals surface area contributed by atoms with E-state index in [1.807, 2.05) is 0 Å². The van der Waals surface area contributed by atoms with Crippen molar-refractivity contribution in [3.8, 4) is 5.75 Å². The van der Waals surface area contributed by atoms with Crippen LogP contribution in [0, 0.1) is 10.1 Å². The average molecular weight is 469 g/mol. The highest BCUT2D eigenvalue weighted by atomic mass is 16.7. The lowest BCUT2D eigenvalue weighted by Gasteiger charge is -2.43. The Morgan fingerprint density at radius 2 is 1.36 bits per heavy atom. The molecule has 0 aliphatic carbocycles. The molecule has 0 spiro atoms. The van der Waals surface area contributed by atoms with Gasteiger partial charge in [-0.3, -0.25) is 29.3 Å². The molecule has 13 nitrogen and oxygen atoms in total. The summed E-state index contributed by atoms with van der Waals surface area (Å²) in [5.74, 6) is -2.87. The van der Waals surface area contributed by atoms with Crippen LogP contribution in [0.25, 0.3) is 0 Å². The maximum Gasteiger partial charge on any atom is 0.303 e. The molecule has 0 N–H and O–H groups in total. The van der Waals surface area contributed by atoms with Crippen LogP contribution < -0.4 is 4.74 Å². The predicted molar refractivity (Wildman–Crippen MR) is 106 cm³/mol. The van der Waals surface area contributed by atoms with Crippen molar-refractivity contribution in [2.45, 2.75) is 58.4 Å². The van der Waals surface area contributed by atoms with Crippen LogP contribution in [0.2, 0.25) is 0 Å². The number of rotatable bonds is 8. The van der Waals surface area contributed by atoms with E-state index in [-0.39, 0.29) is 11.4 Å². The number of nitro benzene ring substituents is 1. The molecule has 2 rings (SSSR count). The van der Waals surface area contributed by atoms with E-state index >= 15 is 0 Å². The fourth-order valence-electron chi connectivity index (χ4n) is 3.06. The van der Waals surface area contributed by atoms with Gasteiger partial charge in [-0.2, -0.15) is 0 Å². The minimum Gasteiger partial charge on any atom is -0.463 e. The summed E-state index contributed by atoms with van der Waals surface area (Å²) < 4.78 is 32.3.